The third-order valence-electron chi connectivity index (χ3n) is 7.92. The number of carbonyl (C=O) groups is 2. The summed E-state index contributed by atoms with van der Waals surface area (Å²) in [6.45, 7) is 3.53. The molecule has 0 aromatic rings. The Balaban J connectivity index is 4.31. The summed E-state index contributed by atoms with van der Waals surface area (Å²) < 4.78 is 32.6. The van der Waals surface area contributed by atoms with Gasteiger partial charge in [0.05, 0.1) is 13.2 Å². The lowest BCUT2D eigenvalue weighted by Gasteiger charge is -2.19. The molecule has 1 unspecified atom stereocenters. The topological polar surface area (TPSA) is 134 Å². The summed E-state index contributed by atoms with van der Waals surface area (Å²) in [6.07, 6.45) is 42.6. The fraction of sp³-hybridized carbons (Fsp3) is 0.707. The van der Waals surface area contributed by atoms with E-state index in [1.54, 1.807) is 0 Å². The lowest BCUT2D eigenvalue weighted by atomic mass is 10.0. The number of phosphoric acid groups is 1. The first-order valence-electron chi connectivity index (χ1n) is 19.8. The zero-order valence-electron chi connectivity index (χ0n) is 32.1. The van der Waals surface area contributed by atoms with E-state index in [2.05, 4.69) is 68.5 Å². The van der Waals surface area contributed by atoms with Gasteiger partial charge in [0, 0.05) is 19.4 Å². The van der Waals surface area contributed by atoms with E-state index in [1.165, 1.54) is 57.8 Å². The number of unbranched alkanes of at least 4 members (excludes halogenated alkanes) is 13. The average Bonchev–Trinajstić information content (AvgIpc) is 3.11. The molecule has 2 atom stereocenters. The number of hydrogen-bond acceptors (Lipinski definition) is 8. The average molecular weight is 738 g/mol. The number of allylic oxidation sites excluding steroid dienone is 10. The lowest BCUT2D eigenvalue weighted by molar-refractivity contribution is -0.161. The maximum atomic E-state index is 12.5. The summed E-state index contributed by atoms with van der Waals surface area (Å²) in [5, 5.41) is 0. The minimum Gasteiger partial charge on any atom is -0.462 e. The molecule has 0 aliphatic carbocycles. The molecular formula is C41H72NO8P. The molecule has 0 rings (SSSR count). The van der Waals surface area contributed by atoms with E-state index in [0.29, 0.717) is 12.8 Å². The SMILES string of the molecule is CC/C=C/C/C=C/C/C=C/C/C=C/C/C=C/CCCC(=O)OC[C@H](COP(=O)(O)OCCN)OC(=O)CCCCCCCCCCCCCCC. The quantitative estimate of drug-likeness (QED) is 0.0279. The summed E-state index contributed by atoms with van der Waals surface area (Å²) in [5.74, 6) is -0.900. The molecule has 3 N–H and O–H groups in total. The van der Waals surface area contributed by atoms with Crippen molar-refractivity contribution in [3.8, 4) is 0 Å². The molecule has 0 saturated heterocycles. The molecule has 0 radical (unpaired) electrons. The Hall–Kier alpha value is -2.29. The van der Waals surface area contributed by atoms with Crippen LogP contribution in [0.2, 0.25) is 0 Å². The highest BCUT2D eigenvalue weighted by molar-refractivity contribution is 7.47. The van der Waals surface area contributed by atoms with Crippen molar-refractivity contribution < 1.29 is 37.6 Å². The number of hydrogen-bond donors (Lipinski definition) is 2. The van der Waals surface area contributed by atoms with Crippen LogP contribution in [-0.2, 0) is 32.7 Å². The van der Waals surface area contributed by atoms with Gasteiger partial charge in [0.1, 0.15) is 6.61 Å². The molecule has 0 spiro atoms. The van der Waals surface area contributed by atoms with Gasteiger partial charge in [0.2, 0.25) is 0 Å². The summed E-state index contributed by atoms with van der Waals surface area (Å²) in [4.78, 5) is 34.7. The van der Waals surface area contributed by atoms with Gasteiger partial charge in [-0.25, -0.2) is 4.57 Å². The van der Waals surface area contributed by atoms with Crippen LogP contribution >= 0.6 is 7.82 Å². The number of esters is 2. The van der Waals surface area contributed by atoms with Crippen molar-refractivity contribution in [3.05, 3.63) is 60.8 Å². The minimum absolute atomic E-state index is 0.0443. The lowest BCUT2D eigenvalue weighted by Crippen LogP contribution is -2.29. The fourth-order valence-corrected chi connectivity index (χ4v) is 5.79. The van der Waals surface area contributed by atoms with E-state index < -0.39 is 32.5 Å². The van der Waals surface area contributed by atoms with Crippen LogP contribution in [0, 0.1) is 0 Å². The number of rotatable bonds is 36. The molecular weight excluding hydrogens is 665 g/mol. The van der Waals surface area contributed by atoms with E-state index in [-0.39, 0.29) is 32.6 Å². The van der Waals surface area contributed by atoms with Crippen LogP contribution in [0.4, 0.5) is 0 Å². The second kappa shape index (κ2) is 37.5. The maximum Gasteiger partial charge on any atom is 0.472 e. The Morgan fingerprint density at radius 1 is 0.608 bits per heavy atom. The summed E-state index contributed by atoms with van der Waals surface area (Å²) in [5.41, 5.74) is 5.33. The van der Waals surface area contributed by atoms with Crippen molar-refractivity contribution in [1.29, 1.82) is 0 Å². The molecule has 10 heteroatoms. The zero-order chi connectivity index (χ0) is 37.5. The molecule has 0 aromatic heterocycles. The molecule has 0 aliphatic heterocycles. The maximum absolute atomic E-state index is 12.5. The summed E-state index contributed by atoms with van der Waals surface area (Å²) in [6, 6.07) is 0. The van der Waals surface area contributed by atoms with Crippen LogP contribution in [0.25, 0.3) is 0 Å². The third kappa shape index (κ3) is 37.3. The monoisotopic (exact) mass is 737 g/mol. The molecule has 0 heterocycles. The van der Waals surface area contributed by atoms with Crippen LogP contribution in [0.15, 0.2) is 60.8 Å². The first-order chi connectivity index (χ1) is 24.8. The van der Waals surface area contributed by atoms with Gasteiger partial charge in [0.25, 0.3) is 0 Å². The minimum atomic E-state index is -4.38. The Bertz CT molecular complexity index is 1020. The first kappa shape index (κ1) is 48.7. The van der Waals surface area contributed by atoms with Crippen LogP contribution in [0.1, 0.15) is 155 Å². The van der Waals surface area contributed by atoms with Gasteiger partial charge in [-0.3, -0.25) is 18.6 Å². The highest BCUT2D eigenvalue weighted by atomic mass is 31.2. The number of ether oxygens (including phenoxy) is 2. The van der Waals surface area contributed by atoms with E-state index in [4.69, 9.17) is 24.3 Å². The van der Waals surface area contributed by atoms with Gasteiger partial charge in [-0.05, 0) is 51.4 Å². The van der Waals surface area contributed by atoms with Crippen molar-refractivity contribution in [3.63, 3.8) is 0 Å². The zero-order valence-corrected chi connectivity index (χ0v) is 33.0. The van der Waals surface area contributed by atoms with Crippen molar-refractivity contribution in [2.75, 3.05) is 26.4 Å². The second-order valence-corrected chi connectivity index (χ2v) is 14.2. The molecule has 0 bridgehead atoms. The molecule has 0 aliphatic rings. The van der Waals surface area contributed by atoms with Crippen molar-refractivity contribution in [2.45, 2.75) is 161 Å². The first-order valence-corrected chi connectivity index (χ1v) is 21.3. The normalized spacial score (nSPS) is 14.0. The van der Waals surface area contributed by atoms with Crippen LogP contribution in [0.5, 0.6) is 0 Å². The van der Waals surface area contributed by atoms with Gasteiger partial charge in [-0.1, -0.05) is 152 Å². The summed E-state index contributed by atoms with van der Waals surface area (Å²) in [7, 11) is -4.38. The standard InChI is InChI=1S/C41H72NO8P/c1-3-5-7-9-11-13-15-17-18-19-20-22-23-25-27-29-31-33-40(43)47-37-39(38-49-51(45,46)48-36-35-42)50-41(44)34-32-30-28-26-24-21-16-14-12-10-8-6-4-2/h5,7,11,13,17-18,20,22,25,27,39H,3-4,6,8-10,12,14-16,19,21,23-24,26,28-38,42H2,1-2H3,(H,45,46)/b7-5+,13-11+,18-17+,22-20+,27-25+/t39-/m1/s1. The molecule has 9 nitrogen and oxygen atoms in total. The van der Waals surface area contributed by atoms with E-state index in [0.717, 1.165) is 57.8 Å². The molecule has 0 amide bonds. The third-order valence-corrected chi connectivity index (χ3v) is 8.90. The molecule has 0 fully saturated rings. The highest BCUT2D eigenvalue weighted by Gasteiger charge is 2.25. The number of nitrogens with two attached hydrogens (primary N) is 1. The molecule has 294 valence electrons. The second-order valence-electron chi connectivity index (χ2n) is 12.8. The molecule has 0 aromatic carbocycles. The predicted octanol–water partition coefficient (Wildman–Crippen LogP) is 10.9. The largest absolute Gasteiger partial charge is 0.472 e. The van der Waals surface area contributed by atoms with Crippen LogP contribution in [-0.4, -0.2) is 49.3 Å². The van der Waals surface area contributed by atoms with Crippen LogP contribution in [0.3, 0.4) is 0 Å². The smallest absolute Gasteiger partial charge is 0.462 e. The highest BCUT2D eigenvalue weighted by Crippen LogP contribution is 2.43. The Morgan fingerprint density at radius 2 is 1.08 bits per heavy atom. The van der Waals surface area contributed by atoms with Crippen LogP contribution < -0.4 is 5.73 Å². The van der Waals surface area contributed by atoms with Crippen molar-refractivity contribution in [2.24, 2.45) is 5.73 Å². The molecule has 51 heavy (non-hydrogen) atoms. The van der Waals surface area contributed by atoms with Gasteiger partial charge < -0.3 is 20.1 Å². The van der Waals surface area contributed by atoms with Gasteiger partial charge >= 0.3 is 19.8 Å². The van der Waals surface area contributed by atoms with Crippen molar-refractivity contribution >= 4 is 19.8 Å². The Kier molecular flexibility index (Phi) is 35.8. The Morgan fingerprint density at radius 3 is 1.59 bits per heavy atom. The number of carbonyl (C=O) groups excluding carboxylic acids is 2. The predicted molar refractivity (Wildman–Crippen MR) is 210 cm³/mol. The van der Waals surface area contributed by atoms with Gasteiger partial charge in [0.15, 0.2) is 6.10 Å². The van der Waals surface area contributed by atoms with Crippen molar-refractivity contribution in [1.82, 2.24) is 0 Å². The molecule has 0 saturated carbocycles. The fourth-order valence-electron chi connectivity index (χ4n) is 5.02. The van der Waals surface area contributed by atoms with E-state index >= 15 is 0 Å². The van der Waals surface area contributed by atoms with E-state index in [1.807, 2.05) is 6.08 Å². The Labute approximate surface area is 310 Å². The summed E-state index contributed by atoms with van der Waals surface area (Å²) >= 11 is 0. The van der Waals surface area contributed by atoms with E-state index in [9.17, 15) is 19.0 Å². The number of phosphoric ester groups is 1. The van der Waals surface area contributed by atoms with Gasteiger partial charge in [-0.15, -0.1) is 0 Å². The van der Waals surface area contributed by atoms with Gasteiger partial charge in [-0.2, -0.15) is 0 Å².